The van der Waals surface area contributed by atoms with Gasteiger partial charge in [0.2, 0.25) is 0 Å². The summed E-state index contributed by atoms with van der Waals surface area (Å²) in [5, 5.41) is 9.40. The molecule has 3 nitrogen and oxygen atoms in total. The van der Waals surface area contributed by atoms with Gasteiger partial charge in [-0.1, -0.05) is 11.3 Å². The third kappa shape index (κ3) is 1.77. The van der Waals surface area contributed by atoms with E-state index in [1.54, 1.807) is 11.3 Å². The second-order valence-corrected chi connectivity index (χ2v) is 5.90. The molecule has 0 amide bonds. The van der Waals surface area contributed by atoms with Gasteiger partial charge in [-0.15, -0.1) is 10.2 Å². The fourth-order valence-electron chi connectivity index (χ4n) is 1.52. The Morgan fingerprint density at radius 1 is 1.58 bits per heavy atom. The number of rotatable bonds is 1. The third-order valence-electron chi connectivity index (χ3n) is 2.16. The van der Waals surface area contributed by atoms with Crippen LogP contribution in [0.2, 0.25) is 0 Å². The third-order valence-corrected chi connectivity index (χ3v) is 3.91. The fourth-order valence-corrected chi connectivity index (χ4v) is 3.00. The van der Waals surface area contributed by atoms with Crippen molar-refractivity contribution in [2.24, 2.45) is 0 Å². The molecule has 1 aliphatic rings. The molecule has 1 fully saturated rings. The van der Waals surface area contributed by atoms with Crippen LogP contribution in [0.3, 0.4) is 0 Å². The molecule has 5 heteroatoms. The molecule has 0 aromatic carbocycles. The Balaban J connectivity index is 2.11. The number of likely N-dealkylation sites (N-methyl/N-ethyl adjacent to an activating group) is 1. The number of aromatic nitrogens is 2. The van der Waals surface area contributed by atoms with E-state index in [0.29, 0.717) is 5.92 Å². The maximum absolute atomic E-state index is 4.17. The molecule has 0 aliphatic carbocycles. The van der Waals surface area contributed by atoms with Gasteiger partial charge >= 0.3 is 0 Å². The summed E-state index contributed by atoms with van der Waals surface area (Å²) < 4.78 is 1.05. The van der Waals surface area contributed by atoms with Crippen LogP contribution in [0, 0.1) is 3.01 Å². The molecule has 0 bridgehead atoms. The lowest BCUT2D eigenvalue weighted by atomic mass is 10.1. The number of halogens is 1. The molecule has 12 heavy (non-hydrogen) atoms. The van der Waals surface area contributed by atoms with E-state index in [1.165, 1.54) is 18.0 Å². The van der Waals surface area contributed by atoms with E-state index in [-0.39, 0.29) is 0 Å². The highest BCUT2D eigenvalue weighted by molar-refractivity contribution is 14.1. The van der Waals surface area contributed by atoms with Crippen LogP contribution in [0.15, 0.2) is 0 Å². The van der Waals surface area contributed by atoms with Gasteiger partial charge in [0, 0.05) is 12.5 Å². The maximum atomic E-state index is 4.17. The molecule has 0 spiro atoms. The first-order valence-corrected chi connectivity index (χ1v) is 5.82. The van der Waals surface area contributed by atoms with E-state index in [9.17, 15) is 0 Å². The normalized spacial score (nSPS) is 25.0. The van der Waals surface area contributed by atoms with Crippen LogP contribution in [-0.4, -0.2) is 35.2 Å². The van der Waals surface area contributed by atoms with E-state index in [2.05, 4.69) is 44.7 Å². The predicted molar refractivity (Wildman–Crippen MR) is 57.5 cm³/mol. The second-order valence-electron chi connectivity index (χ2n) is 3.14. The molecule has 66 valence electrons. The predicted octanol–water partition coefficient (Wildman–Crippen LogP) is 1.56. The Morgan fingerprint density at radius 2 is 2.42 bits per heavy atom. The van der Waals surface area contributed by atoms with Gasteiger partial charge in [-0.3, -0.25) is 0 Å². The molecule has 2 rings (SSSR count). The van der Waals surface area contributed by atoms with Crippen LogP contribution < -0.4 is 0 Å². The van der Waals surface area contributed by atoms with Crippen molar-refractivity contribution >= 4 is 33.9 Å². The van der Waals surface area contributed by atoms with Crippen molar-refractivity contribution in [2.45, 2.75) is 12.3 Å². The molecule has 1 aromatic rings. The van der Waals surface area contributed by atoms with Gasteiger partial charge in [-0.2, -0.15) is 0 Å². The highest BCUT2D eigenvalue weighted by Gasteiger charge is 2.23. The van der Waals surface area contributed by atoms with Crippen molar-refractivity contribution in [1.82, 2.24) is 15.1 Å². The van der Waals surface area contributed by atoms with Gasteiger partial charge in [-0.05, 0) is 42.6 Å². The van der Waals surface area contributed by atoms with Crippen molar-refractivity contribution in [1.29, 1.82) is 0 Å². The number of hydrogen-bond acceptors (Lipinski definition) is 4. The van der Waals surface area contributed by atoms with E-state index in [4.69, 9.17) is 0 Å². The van der Waals surface area contributed by atoms with Gasteiger partial charge in [0.25, 0.3) is 0 Å². The van der Waals surface area contributed by atoms with Crippen molar-refractivity contribution < 1.29 is 0 Å². The quantitative estimate of drug-likeness (QED) is 0.736. The zero-order valence-electron chi connectivity index (χ0n) is 6.83. The maximum Gasteiger partial charge on any atom is 0.178 e. The lowest BCUT2D eigenvalue weighted by Crippen LogP contribution is -2.13. The Kier molecular flexibility index (Phi) is 2.61. The second kappa shape index (κ2) is 3.55. The number of nitrogens with zero attached hydrogens (tertiary/aromatic N) is 3. The zero-order valence-corrected chi connectivity index (χ0v) is 9.80. The molecule has 1 unspecified atom stereocenters. The first-order valence-electron chi connectivity index (χ1n) is 3.93. The Hall–Kier alpha value is 0.250. The van der Waals surface area contributed by atoms with Crippen LogP contribution in [0.5, 0.6) is 0 Å². The van der Waals surface area contributed by atoms with E-state index in [0.717, 1.165) is 9.56 Å². The van der Waals surface area contributed by atoms with Crippen molar-refractivity contribution in [3.63, 3.8) is 0 Å². The monoisotopic (exact) mass is 295 g/mol. The number of hydrogen-bond donors (Lipinski definition) is 0. The van der Waals surface area contributed by atoms with Gasteiger partial charge in [0.05, 0.1) is 0 Å². The lowest BCUT2D eigenvalue weighted by molar-refractivity contribution is 0.411. The molecule has 1 saturated heterocycles. The molecular weight excluding hydrogens is 285 g/mol. The molecule has 0 radical (unpaired) electrons. The van der Waals surface area contributed by atoms with Crippen LogP contribution in [0.1, 0.15) is 17.3 Å². The van der Waals surface area contributed by atoms with Crippen molar-refractivity contribution in [2.75, 3.05) is 20.1 Å². The minimum atomic E-state index is 0.635. The van der Waals surface area contributed by atoms with Crippen LogP contribution in [0.25, 0.3) is 0 Å². The molecule has 1 aromatic heterocycles. The smallest absolute Gasteiger partial charge is 0.178 e. The highest BCUT2D eigenvalue weighted by Crippen LogP contribution is 2.28. The summed E-state index contributed by atoms with van der Waals surface area (Å²) in [7, 11) is 2.16. The van der Waals surface area contributed by atoms with Gasteiger partial charge in [0.15, 0.2) is 3.01 Å². The largest absolute Gasteiger partial charge is 0.306 e. The Morgan fingerprint density at radius 3 is 2.92 bits per heavy atom. The number of likely N-dealkylation sites (tertiary alicyclic amines) is 1. The minimum Gasteiger partial charge on any atom is -0.306 e. The van der Waals surface area contributed by atoms with E-state index >= 15 is 0 Å². The first-order chi connectivity index (χ1) is 5.75. The molecule has 0 saturated carbocycles. The Bertz CT molecular complexity index is 275. The molecule has 0 N–H and O–H groups in total. The molecule has 1 aliphatic heterocycles. The fraction of sp³-hybridized carbons (Fsp3) is 0.714. The highest BCUT2D eigenvalue weighted by atomic mass is 127. The topological polar surface area (TPSA) is 29.0 Å². The van der Waals surface area contributed by atoms with Crippen LogP contribution in [-0.2, 0) is 0 Å². The minimum absolute atomic E-state index is 0.635. The first kappa shape index (κ1) is 8.83. The summed E-state index contributed by atoms with van der Waals surface area (Å²) in [5.41, 5.74) is 0. The standard InChI is InChI=1S/C7H10IN3S/c1-11-3-2-5(4-11)6-9-10-7(8)12-6/h5H,2-4H2,1H3. The summed E-state index contributed by atoms with van der Waals surface area (Å²) in [6.07, 6.45) is 1.24. The molecule has 2 heterocycles. The van der Waals surface area contributed by atoms with Gasteiger partial charge < -0.3 is 4.90 Å². The van der Waals surface area contributed by atoms with E-state index in [1.807, 2.05) is 0 Å². The molecule has 1 atom stereocenters. The SMILES string of the molecule is CN1CCC(c2nnc(I)s2)C1. The van der Waals surface area contributed by atoms with E-state index < -0.39 is 0 Å². The average Bonchev–Trinajstić information content (AvgIpc) is 2.58. The summed E-state index contributed by atoms with van der Waals surface area (Å²) in [5.74, 6) is 0.635. The van der Waals surface area contributed by atoms with Gasteiger partial charge in [0.1, 0.15) is 5.01 Å². The summed E-state index contributed by atoms with van der Waals surface area (Å²) in [4.78, 5) is 2.35. The summed E-state index contributed by atoms with van der Waals surface area (Å²) in [6.45, 7) is 2.34. The van der Waals surface area contributed by atoms with Crippen LogP contribution in [0.4, 0.5) is 0 Å². The molecular formula is C7H10IN3S. The zero-order chi connectivity index (χ0) is 8.55. The average molecular weight is 295 g/mol. The Labute approximate surface area is 89.3 Å². The lowest BCUT2D eigenvalue weighted by Gasteiger charge is -2.05. The summed E-state index contributed by atoms with van der Waals surface area (Å²) in [6, 6.07) is 0. The van der Waals surface area contributed by atoms with Crippen LogP contribution >= 0.6 is 33.9 Å². The van der Waals surface area contributed by atoms with Crippen molar-refractivity contribution in [3.8, 4) is 0 Å². The summed E-state index contributed by atoms with van der Waals surface area (Å²) >= 11 is 3.95. The van der Waals surface area contributed by atoms with Gasteiger partial charge in [-0.25, -0.2) is 0 Å². The van der Waals surface area contributed by atoms with Crippen molar-refractivity contribution in [3.05, 3.63) is 8.02 Å².